The first-order valence-electron chi connectivity index (χ1n) is 24.8. The lowest BCUT2D eigenvalue weighted by molar-refractivity contribution is -0.588. The molecule has 0 saturated carbocycles. The van der Waals surface area contributed by atoms with Gasteiger partial charge in [-0.05, 0) is 94.5 Å². The number of carbonyl (C=O) groups excluding carboxylic acids is 2. The average molecular weight is 1100 g/mol. The van der Waals surface area contributed by atoms with Crippen LogP contribution in [-0.2, 0) is 36.4 Å². The van der Waals surface area contributed by atoms with Crippen LogP contribution in [0.1, 0.15) is 136 Å². The van der Waals surface area contributed by atoms with Gasteiger partial charge < -0.3 is 54.9 Å². The quantitative estimate of drug-likeness (QED) is 0.0551. The normalized spacial score (nSPS) is 22.3. The third kappa shape index (κ3) is 12.2. The highest BCUT2D eigenvalue weighted by molar-refractivity contribution is 7.66. The largest absolute Gasteiger partial charge is 0.756 e. The van der Waals surface area contributed by atoms with Crippen molar-refractivity contribution in [3.05, 3.63) is 105 Å². The summed E-state index contributed by atoms with van der Waals surface area (Å²) in [6.07, 6.45) is 4.35. The number of ether oxygens (including phenoxy) is 2. The standard InChI is InChI=1S/C51H61N8O14P3/c1-29-24-50(3,4)56-39-22-41-37(20-35(29)39)46(38-21-36-30(2)25-51(5,6)57-40(36)23-42(38)71-41)33-13-8-9-14-34(33)49(61)58(7)19-11-15-43(60)53-18-10-12-31-26-59(48-45(31)47(52)54-28-55-48)44-17-16-32(70-44)27-69-75(65,66)73-76(67,68)72-74(62,63)64/h8-9,13-14,20-23,26,28-30,32,44,56H,11,15-19,24-25,27H2,1-7H3,(H,53,60)(H,65,66)(H,67,68)(H2,52,54,55)(H2,62,63,64)/t29?,30?,32-,44+/m0/s1. The Morgan fingerprint density at radius 1 is 0.987 bits per heavy atom. The Hall–Kier alpha value is -5.78. The molecule has 6 heterocycles. The van der Waals surface area contributed by atoms with Crippen molar-refractivity contribution >= 4 is 63.4 Å². The number of carbonyl (C=O) groups is 2. The Morgan fingerprint density at radius 3 is 2.50 bits per heavy atom. The van der Waals surface area contributed by atoms with Gasteiger partial charge in [0.15, 0.2) is 5.54 Å². The van der Waals surface area contributed by atoms with Crippen LogP contribution in [0.5, 0.6) is 11.5 Å². The number of benzene rings is 3. The van der Waals surface area contributed by atoms with Crippen LogP contribution in [-0.4, -0.2) is 89.9 Å². The zero-order valence-electron chi connectivity index (χ0n) is 43.0. The highest BCUT2D eigenvalue weighted by atomic mass is 31.3. The van der Waals surface area contributed by atoms with Gasteiger partial charge in [0.1, 0.15) is 35.5 Å². The lowest BCUT2D eigenvalue weighted by Crippen LogP contribution is -2.90. The molecule has 404 valence electrons. The summed E-state index contributed by atoms with van der Waals surface area (Å²) in [6.45, 7) is 13.0. The van der Waals surface area contributed by atoms with E-state index in [0.29, 0.717) is 53.0 Å². The minimum absolute atomic E-state index is 0.0166. The molecule has 0 radical (unpaired) electrons. The maximum Gasteiger partial charge on any atom is 0.487 e. The minimum atomic E-state index is -5.80. The molecule has 1 saturated heterocycles. The molecule has 2 aromatic heterocycles. The summed E-state index contributed by atoms with van der Waals surface area (Å²) in [4.78, 5) is 80.2. The highest BCUT2D eigenvalue weighted by Gasteiger charge is 2.40. The molecule has 4 aliphatic heterocycles. The lowest BCUT2D eigenvalue weighted by atomic mass is 9.79. The van der Waals surface area contributed by atoms with E-state index in [4.69, 9.17) is 24.6 Å². The van der Waals surface area contributed by atoms with E-state index in [0.717, 1.165) is 45.8 Å². The number of nitrogen functional groups attached to an aromatic ring is 1. The number of phosphoric ester groups is 1. The molecule has 5 aromatic rings. The SMILES string of the molecule is CC1CC(C)(C)Nc2cc3c(cc21)C(c1ccccc1C(=O)N(C)CCCC(=O)NCC#Cc1cn([C@H]2CC[C@@H](COP(=O)(O)OP(=O)(O)OP(=O)([O-])O)O2)c2ncnc(N)c12)=c1cc2c(cc1O3)=[NH+]C(C)(C)CC2C. The number of hydrogen-bond acceptors (Lipinski definition) is 15. The zero-order chi connectivity index (χ0) is 54.7. The third-order valence-corrected chi connectivity index (χ3v) is 17.6. The van der Waals surface area contributed by atoms with Crippen LogP contribution in [0.4, 0.5) is 11.5 Å². The Kier molecular flexibility index (Phi) is 15.1. The molecular weight excluding hydrogens is 1040 g/mol. The van der Waals surface area contributed by atoms with Gasteiger partial charge in [0.2, 0.25) is 11.3 Å². The van der Waals surface area contributed by atoms with Crippen LogP contribution in [0, 0.1) is 11.8 Å². The van der Waals surface area contributed by atoms with E-state index in [1.54, 1.807) is 22.7 Å². The number of anilines is 2. The van der Waals surface area contributed by atoms with Gasteiger partial charge in [-0.2, -0.15) is 4.31 Å². The summed E-state index contributed by atoms with van der Waals surface area (Å²) in [5.41, 5.74) is 13.4. The van der Waals surface area contributed by atoms with E-state index in [9.17, 15) is 38.0 Å². The molecular formula is C51H61N8O14P3. The monoisotopic (exact) mass is 1100 g/mol. The first kappa shape index (κ1) is 55.0. The number of phosphoric acid groups is 3. The number of nitrogens with zero attached hydrogens (tertiary/aromatic N) is 4. The number of hydrogen-bond donors (Lipinski definition) is 7. The van der Waals surface area contributed by atoms with Crippen LogP contribution in [0.3, 0.4) is 0 Å². The van der Waals surface area contributed by atoms with Crippen LogP contribution in [0.15, 0.2) is 61.1 Å². The van der Waals surface area contributed by atoms with Gasteiger partial charge in [-0.15, -0.1) is 0 Å². The number of amides is 2. The molecule has 4 aliphatic rings. The van der Waals surface area contributed by atoms with Gasteiger partial charge >= 0.3 is 15.6 Å². The van der Waals surface area contributed by atoms with Crippen molar-refractivity contribution in [1.82, 2.24) is 24.8 Å². The van der Waals surface area contributed by atoms with Gasteiger partial charge in [0, 0.05) is 77.4 Å². The van der Waals surface area contributed by atoms with Crippen molar-refractivity contribution in [3.63, 3.8) is 0 Å². The van der Waals surface area contributed by atoms with Crippen LogP contribution < -0.4 is 41.6 Å². The third-order valence-electron chi connectivity index (χ3n) is 13.8. The zero-order valence-corrected chi connectivity index (χ0v) is 45.7. The molecule has 76 heavy (non-hydrogen) atoms. The molecule has 0 spiro atoms. The van der Waals surface area contributed by atoms with E-state index in [1.165, 1.54) is 17.5 Å². The summed E-state index contributed by atoms with van der Waals surface area (Å²) in [5.74, 6) is 7.61. The Balaban J connectivity index is 0.860. The fourth-order valence-corrected chi connectivity index (χ4v) is 13.9. The van der Waals surface area contributed by atoms with E-state index in [-0.39, 0.29) is 59.9 Å². The van der Waals surface area contributed by atoms with Crippen molar-refractivity contribution in [2.45, 2.75) is 115 Å². The highest BCUT2D eigenvalue weighted by Crippen LogP contribution is 2.65. The topological polar surface area (TPSA) is 313 Å². The van der Waals surface area contributed by atoms with Crippen molar-refractivity contribution in [3.8, 4) is 23.3 Å². The summed E-state index contributed by atoms with van der Waals surface area (Å²) in [7, 11) is -15.2. The first-order valence-corrected chi connectivity index (χ1v) is 29.3. The molecule has 22 nitrogen and oxygen atoms in total. The lowest BCUT2D eigenvalue weighted by Gasteiger charge is -2.38. The number of fused-ring (bicyclic) bond motifs is 5. The molecule has 1 fully saturated rings. The molecule has 2 amide bonds. The van der Waals surface area contributed by atoms with Crippen molar-refractivity contribution in [2.24, 2.45) is 0 Å². The summed E-state index contributed by atoms with van der Waals surface area (Å²) in [6, 6.07) is 16.4. The van der Waals surface area contributed by atoms with Crippen molar-refractivity contribution in [1.29, 1.82) is 0 Å². The fraction of sp³-hybridized carbons (Fsp3) is 0.431. The maximum absolute atomic E-state index is 14.6. The van der Waals surface area contributed by atoms with Crippen molar-refractivity contribution in [2.75, 3.05) is 37.8 Å². The second-order valence-corrected chi connectivity index (χ2v) is 25.5. The number of nitrogens with two attached hydrogens (primary N) is 1. The molecule has 3 aromatic carbocycles. The second-order valence-electron chi connectivity index (χ2n) is 21.1. The smallest absolute Gasteiger partial charge is 0.487 e. The molecule has 5 unspecified atom stereocenters. The predicted molar refractivity (Wildman–Crippen MR) is 277 cm³/mol. The van der Waals surface area contributed by atoms with Crippen LogP contribution >= 0.6 is 23.5 Å². The fourth-order valence-electron chi connectivity index (χ4n) is 10.9. The van der Waals surface area contributed by atoms with Crippen LogP contribution in [0.2, 0.25) is 0 Å². The molecule has 25 heteroatoms. The second kappa shape index (κ2) is 20.9. The van der Waals surface area contributed by atoms with Gasteiger partial charge in [-0.3, -0.25) is 18.7 Å². The Bertz CT molecular complexity index is 3510. The van der Waals surface area contributed by atoms with Gasteiger partial charge in [-0.1, -0.05) is 43.9 Å². The van der Waals surface area contributed by atoms with E-state index in [1.807, 2.05) is 24.3 Å². The molecule has 7 atom stereocenters. The summed E-state index contributed by atoms with van der Waals surface area (Å²) in [5, 5.41) is 8.93. The van der Waals surface area contributed by atoms with Crippen molar-refractivity contribution < 1.29 is 70.5 Å². The van der Waals surface area contributed by atoms with E-state index >= 15 is 0 Å². The molecule has 9 rings (SSSR count). The van der Waals surface area contributed by atoms with Gasteiger partial charge in [0.05, 0.1) is 36.3 Å². The Morgan fingerprint density at radius 2 is 1.74 bits per heavy atom. The van der Waals surface area contributed by atoms with E-state index in [2.05, 4.69) is 112 Å². The molecule has 0 aliphatic carbocycles. The predicted octanol–water partition coefficient (Wildman–Crippen LogP) is 4.46. The number of nitrogens with one attached hydrogen (secondary N) is 3. The first-order chi connectivity index (χ1) is 35.7. The summed E-state index contributed by atoms with van der Waals surface area (Å²) < 4.78 is 61.3. The molecule has 0 bridgehead atoms. The Labute approximate surface area is 438 Å². The molecule has 8 N–H and O–H groups in total. The van der Waals surface area contributed by atoms with Gasteiger partial charge in [-0.25, -0.2) is 28.4 Å². The van der Waals surface area contributed by atoms with Crippen LogP contribution in [0.25, 0.3) is 16.6 Å². The van der Waals surface area contributed by atoms with Gasteiger partial charge in [0.25, 0.3) is 13.7 Å². The minimum Gasteiger partial charge on any atom is -0.756 e. The summed E-state index contributed by atoms with van der Waals surface area (Å²) >= 11 is 0. The maximum atomic E-state index is 14.6. The number of aromatic nitrogens is 3. The average Bonchev–Trinajstić information content (AvgIpc) is 3.99. The van der Waals surface area contributed by atoms with E-state index < -0.39 is 42.4 Å². The number of rotatable bonds is 15.